The molecule has 0 fully saturated rings. The van der Waals surface area contributed by atoms with E-state index >= 15 is 0 Å². The molecule has 0 aliphatic carbocycles. The van der Waals surface area contributed by atoms with Gasteiger partial charge in [-0.15, -0.1) is 0 Å². The fourth-order valence-electron chi connectivity index (χ4n) is 2.24. The van der Waals surface area contributed by atoms with E-state index in [4.69, 9.17) is 4.74 Å². The third-order valence-corrected chi connectivity index (χ3v) is 3.24. The largest absolute Gasteiger partial charge is 0.462 e. The normalized spacial score (nSPS) is 10.5. The first-order valence-corrected chi connectivity index (χ1v) is 6.84. The Hall–Kier alpha value is -2.70. The fourth-order valence-corrected chi connectivity index (χ4v) is 2.24. The predicted molar refractivity (Wildman–Crippen MR) is 82.1 cm³/mol. The number of esters is 1. The van der Waals surface area contributed by atoms with Crippen LogP contribution in [-0.2, 0) is 9.53 Å². The number of nitrogens with one attached hydrogen (secondary N) is 2. The summed E-state index contributed by atoms with van der Waals surface area (Å²) < 4.78 is 4.87. The number of carbonyl (C=O) groups is 2. The quantitative estimate of drug-likeness (QED) is 0.840. The zero-order chi connectivity index (χ0) is 16.4. The van der Waals surface area contributed by atoms with Crippen LogP contribution in [0.5, 0.6) is 0 Å². The van der Waals surface area contributed by atoms with E-state index in [1.807, 2.05) is 0 Å². The van der Waals surface area contributed by atoms with E-state index in [9.17, 15) is 14.4 Å². The second-order valence-electron chi connectivity index (χ2n) is 4.87. The molecule has 0 aromatic carbocycles. The SMILES string of the molecule is CCOC(=O)c1cc2c(C)c(NC(C)=O)c(C)nc2[nH]c1=O. The van der Waals surface area contributed by atoms with Crippen LogP contribution in [0.25, 0.3) is 11.0 Å². The van der Waals surface area contributed by atoms with Gasteiger partial charge in [0.05, 0.1) is 18.0 Å². The zero-order valence-corrected chi connectivity index (χ0v) is 12.9. The van der Waals surface area contributed by atoms with Crippen LogP contribution >= 0.6 is 0 Å². The average molecular weight is 303 g/mol. The number of hydrogen-bond donors (Lipinski definition) is 2. The lowest BCUT2D eigenvalue weighted by Gasteiger charge is -2.13. The molecule has 22 heavy (non-hydrogen) atoms. The van der Waals surface area contributed by atoms with Crippen molar-refractivity contribution >= 4 is 28.6 Å². The van der Waals surface area contributed by atoms with Crippen molar-refractivity contribution in [2.75, 3.05) is 11.9 Å². The molecule has 0 saturated carbocycles. The highest BCUT2D eigenvalue weighted by Gasteiger charge is 2.17. The van der Waals surface area contributed by atoms with E-state index in [-0.39, 0.29) is 18.1 Å². The zero-order valence-electron chi connectivity index (χ0n) is 12.9. The first kappa shape index (κ1) is 15.7. The van der Waals surface area contributed by atoms with Crippen molar-refractivity contribution < 1.29 is 14.3 Å². The van der Waals surface area contributed by atoms with E-state index < -0.39 is 11.5 Å². The van der Waals surface area contributed by atoms with Gasteiger partial charge in [0.15, 0.2) is 0 Å². The number of fused-ring (bicyclic) bond motifs is 1. The van der Waals surface area contributed by atoms with Gasteiger partial charge in [0.2, 0.25) is 5.91 Å². The van der Waals surface area contributed by atoms with Gasteiger partial charge in [0.1, 0.15) is 11.2 Å². The van der Waals surface area contributed by atoms with Gasteiger partial charge in [0.25, 0.3) is 5.56 Å². The molecule has 0 spiro atoms. The molecule has 0 radical (unpaired) electrons. The van der Waals surface area contributed by atoms with Gasteiger partial charge in [-0.2, -0.15) is 0 Å². The number of pyridine rings is 2. The van der Waals surface area contributed by atoms with Gasteiger partial charge in [-0.3, -0.25) is 9.59 Å². The van der Waals surface area contributed by atoms with Crippen LogP contribution in [0.3, 0.4) is 0 Å². The van der Waals surface area contributed by atoms with E-state index in [1.54, 1.807) is 20.8 Å². The minimum atomic E-state index is -0.688. The number of aryl methyl sites for hydroxylation is 2. The predicted octanol–water partition coefficient (Wildman–Crippen LogP) is 1.68. The maximum atomic E-state index is 12.0. The second kappa shape index (κ2) is 5.97. The van der Waals surface area contributed by atoms with Gasteiger partial charge in [0, 0.05) is 12.3 Å². The number of rotatable bonds is 3. The summed E-state index contributed by atoms with van der Waals surface area (Å²) in [5.74, 6) is -0.908. The maximum Gasteiger partial charge on any atom is 0.343 e. The van der Waals surface area contributed by atoms with Crippen LogP contribution in [0.2, 0.25) is 0 Å². The summed E-state index contributed by atoms with van der Waals surface area (Å²) in [7, 11) is 0. The van der Waals surface area contributed by atoms with E-state index in [0.29, 0.717) is 22.4 Å². The fraction of sp³-hybridized carbons (Fsp3) is 0.333. The molecule has 2 heterocycles. The molecule has 0 atom stereocenters. The highest BCUT2D eigenvalue weighted by Crippen LogP contribution is 2.25. The average Bonchev–Trinajstić information content (AvgIpc) is 2.43. The van der Waals surface area contributed by atoms with Crippen LogP contribution < -0.4 is 10.9 Å². The molecule has 7 heteroatoms. The van der Waals surface area contributed by atoms with Gasteiger partial charge in [-0.25, -0.2) is 9.78 Å². The third kappa shape index (κ3) is 2.83. The highest BCUT2D eigenvalue weighted by molar-refractivity contribution is 5.97. The van der Waals surface area contributed by atoms with Crippen molar-refractivity contribution in [3.8, 4) is 0 Å². The summed E-state index contributed by atoms with van der Waals surface area (Å²) in [5.41, 5.74) is 1.60. The summed E-state index contributed by atoms with van der Waals surface area (Å²) >= 11 is 0. The Morgan fingerprint density at radius 3 is 2.64 bits per heavy atom. The molecular formula is C15H17N3O4. The first-order chi connectivity index (χ1) is 10.3. The Kier molecular flexibility index (Phi) is 4.25. The van der Waals surface area contributed by atoms with Crippen molar-refractivity contribution in [1.82, 2.24) is 9.97 Å². The Balaban J connectivity index is 2.71. The number of nitrogens with zero attached hydrogens (tertiary/aromatic N) is 1. The molecule has 2 aromatic rings. The number of aromatic nitrogens is 2. The second-order valence-corrected chi connectivity index (χ2v) is 4.87. The smallest absolute Gasteiger partial charge is 0.343 e. The van der Waals surface area contributed by atoms with Crippen LogP contribution in [0.4, 0.5) is 5.69 Å². The molecule has 116 valence electrons. The molecule has 0 aliphatic heterocycles. The number of hydrogen-bond acceptors (Lipinski definition) is 5. The molecular weight excluding hydrogens is 286 g/mol. The Labute approximate surface area is 126 Å². The van der Waals surface area contributed by atoms with Crippen LogP contribution in [0.15, 0.2) is 10.9 Å². The summed E-state index contributed by atoms with van der Waals surface area (Å²) in [6.45, 7) is 6.77. The lowest BCUT2D eigenvalue weighted by molar-refractivity contribution is -0.114. The van der Waals surface area contributed by atoms with Crippen molar-refractivity contribution in [3.63, 3.8) is 0 Å². The summed E-state index contributed by atoms with van der Waals surface area (Å²) in [6, 6.07) is 1.44. The molecule has 0 bridgehead atoms. The standard InChI is InChI=1S/C15H17N3O4/c1-5-22-15(21)11-6-10-7(2)12(17-9(4)19)8(3)16-13(10)18-14(11)20/h6H,5H2,1-4H3,(H,17,19)(H,16,18,20). The molecule has 1 amide bonds. The lowest BCUT2D eigenvalue weighted by atomic mass is 10.1. The number of H-pyrrole nitrogens is 1. The monoisotopic (exact) mass is 303 g/mol. The molecule has 7 nitrogen and oxygen atoms in total. The van der Waals surface area contributed by atoms with Gasteiger partial charge < -0.3 is 15.0 Å². The lowest BCUT2D eigenvalue weighted by Crippen LogP contribution is -2.20. The number of anilines is 1. The number of aromatic amines is 1. The molecule has 2 N–H and O–H groups in total. The van der Waals surface area contributed by atoms with Gasteiger partial charge >= 0.3 is 5.97 Å². The Morgan fingerprint density at radius 1 is 1.36 bits per heavy atom. The molecule has 0 aliphatic rings. The first-order valence-electron chi connectivity index (χ1n) is 6.84. The topological polar surface area (TPSA) is 101 Å². The number of amides is 1. The van der Waals surface area contributed by atoms with Gasteiger partial charge in [-0.05, 0) is 32.4 Å². The minimum Gasteiger partial charge on any atom is -0.462 e. The van der Waals surface area contributed by atoms with Crippen molar-refractivity contribution in [2.24, 2.45) is 0 Å². The minimum absolute atomic E-state index is 0.0862. The summed E-state index contributed by atoms with van der Waals surface area (Å²) in [6.07, 6.45) is 0. The van der Waals surface area contributed by atoms with Crippen LogP contribution in [0, 0.1) is 13.8 Å². The number of ether oxygens (including phenoxy) is 1. The summed E-state index contributed by atoms with van der Waals surface area (Å²) in [5, 5.41) is 3.29. The number of carbonyl (C=O) groups excluding carboxylic acids is 2. The summed E-state index contributed by atoms with van der Waals surface area (Å²) in [4.78, 5) is 41.9. The molecule has 2 aromatic heterocycles. The molecule has 2 rings (SSSR count). The van der Waals surface area contributed by atoms with E-state index in [0.717, 1.165) is 5.56 Å². The maximum absolute atomic E-state index is 12.0. The van der Waals surface area contributed by atoms with Crippen LogP contribution in [0.1, 0.15) is 35.5 Å². The van der Waals surface area contributed by atoms with E-state index in [2.05, 4.69) is 15.3 Å². The third-order valence-electron chi connectivity index (χ3n) is 3.24. The molecule has 0 saturated heterocycles. The van der Waals surface area contributed by atoms with E-state index in [1.165, 1.54) is 13.0 Å². The Morgan fingerprint density at radius 2 is 2.05 bits per heavy atom. The van der Waals surface area contributed by atoms with Gasteiger partial charge in [-0.1, -0.05) is 0 Å². The van der Waals surface area contributed by atoms with Crippen LogP contribution in [-0.4, -0.2) is 28.5 Å². The van der Waals surface area contributed by atoms with Crippen molar-refractivity contribution in [1.29, 1.82) is 0 Å². The Bertz CT molecular complexity index is 824. The van der Waals surface area contributed by atoms with Crippen molar-refractivity contribution in [3.05, 3.63) is 33.2 Å². The molecule has 0 unspecified atom stereocenters. The highest BCUT2D eigenvalue weighted by atomic mass is 16.5. The van der Waals surface area contributed by atoms with Crippen molar-refractivity contribution in [2.45, 2.75) is 27.7 Å².